The van der Waals surface area contributed by atoms with Crippen molar-refractivity contribution in [3.8, 4) is 11.5 Å². The van der Waals surface area contributed by atoms with E-state index in [2.05, 4.69) is 5.10 Å². The molecule has 3 aromatic rings. The van der Waals surface area contributed by atoms with Gasteiger partial charge in [0.1, 0.15) is 5.52 Å². The Bertz CT molecular complexity index is 1000. The second-order valence-corrected chi connectivity index (χ2v) is 6.42. The molecule has 0 aliphatic rings. The molecule has 0 radical (unpaired) electrons. The van der Waals surface area contributed by atoms with Crippen molar-refractivity contribution in [2.45, 2.75) is 13.5 Å². The van der Waals surface area contributed by atoms with E-state index in [9.17, 15) is 4.79 Å². The predicted octanol–water partition coefficient (Wildman–Crippen LogP) is 1.78. The smallest absolute Gasteiger partial charge is 0.291 e. The van der Waals surface area contributed by atoms with Crippen molar-refractivity contribution >= 4 is 21.8 Å². The highest BCUT2D eigenvalue weighted by atomic mass is 16.5. The van der Waals surface area contributed by atoms with Gasteiger partial charge in [-0.1, -0.05) is 0 Å². The number of nitrogens with zero attached hydrogens (tertiary/aromatic N) is 4. The highest BCUT2D eigenvalue weighted by Gasteiger charge is 2.19. The Morgan fingerprint density at radius 3 is 2.40 bits per heavy atom. The van der Waals surface area contributed by atoms with Crippen LogP contribution in [0.25, 0.3) is 21.8 Å². The van der Waals surface area contributed by atoms with E-state index in [0.29, 0.717) is 23.6 Å². The summed E-state index contributed by atoms with van der Waals surface area (Å²) < 4.78 is 14.3. The number of aromatic nitrogens is 3. The lowest BCUT2D eigenvalue weighted by molar-refractivity contribution is 0.356. The zero-order valence-electron chi connectivity index (χ0n) is 15.6. The topological polar surface area (TPSA) is 61.5 Å². The Labute approximate surface area is 146 Å². The van der Waals surface area contributed by atoms with E-state index in [-0.39, 0.29) is 5.56 Å². The molecule has 25 heavy (non-hydrogen) atoms. The highest BCUT2D eigenvalue weighted by molar-refractivity contribution is 6.09. The number of rotatable bonds is 5. The van der Waals surface area contributed by atoms with Gasteiger partial charge in [0.05, 0.1) is 32.0 Å². The molecule has 2 aromatic heterocycles. The third-order valence-electron chi connectivity index (χ3n) is 4.53. The van der Waals surface area contributed by atoms with Gasteiger partial charge in [-0.15, -0.1) is 0 Å². The maximum Gasteiger partial charge on any atom is 0.291 e. The highest BCUT2D eigenvalue weighted by Crippen LogP contribution is 2.37. The van der Waals surface area contributed by atoms with Crippen molar-refractivity contribution in [3.63, 3.8) is 0 Å². The monoisotopic (exact) mass is 344 g/mol. The van der Waals surface area contributed by atoms with Crippen LogP contribution in [-0.4, -0.2) is 54.1 Å². The summed E-state index contributed by atoms with van der Waals surface area (Å²) in [7, 11) is 9.06. The van der Waals surface area contributed by atoms with Crippen LogP contribution in [0.1, 0.15) is 5.69 Å². The minimum Gasteiger partial charge on any atom is -0.493 e. The quantitative estimate of drug-likeness (QED) is 0.706. The molecule has 0 saturated heterocycles. The third-order valence-corrected chi connectivity index (χ3v) is 4.53. The second kappa shape index (κ2) is 6.40. The van der Waals surface area contributed by atoms with Crippen LogP contribution in [0, 0.1) is 6.92 Å². The zero-order valence-corrected chi connectivity index (χ0v) is 15.6. The molecule has 0 spiro atoms. The van der Waals surface area contributed by atoms with Crippen molar-refractivity contribution in [1.82, 2.24) is 19.2 Å². The second-order valence-electron chi connectivity index (χ2n) is 6.42. The molecule has 0 aliphatic carbocycles. The average molecular weight is 344 g/mol. The Hall–Kier alpha value is -2.54. The van der Waals surface area contributed by atoms with Crippen molar-refractivity contribution in [3.05, 3.63) is 28.2 Å². The number of likely N-dealkylation sites (N-methyl/N-ethyl adjacent to an activating group) is 1. The van der Waals surface area contributed by atoms with Crippen LogP contribution in [0.2, 0.25) is 0 Å². The van der Waals surface area contributed by atoms with Crippen LogP contribution in [0.15, 0.2) is 16.9 Å². The molecular weight excluding hydrogens is 320 g/mol. The first-order chi connectivity index (χ1) is 11.9. The van der Waals surface area contributed by atoms with E-state index in [1.165, 1.54) is 0 Å². The van der Waals surface area contributed by atoms with Gasteiger partial charge in [0.2, 0.25) is 0 Å². The van der Waals surface area contributed by atoms with E-state index in [0.717, 1.165) is 28.5 Å². The predicted molar refractivity (Wildman–Crippen MR) is 98.9 cm³/mol. The lowest BCUT2D eigenvalue weighted by atomic mass is 10.1. The molecule has 7 nitrogen and oxygen atoms in total. The van der Waals surface area contributed by atoms with Crippen molar-refractivity contribution in [2.75, 3.05) is 34.9 Å². The molecule has 0 fully saturated rings. The number of aryl methyl sites for hydroxylation is 2. The first-order valence-electron chi connectivity index (χ1n) is 8.15. The SMILES string of the molecule is COc1cc2c3c(C)nn(CCN(C)C)c(=O)c3n(C)c2cc1OC. The van der Waals surface area contributed by atoms with E-state index in [1.807, 2.05) is 49.7 Å². The van der Waals surface area contributed by atoms with Crippen LogP contribution < -0.4 is 15.0 Å². The number of fused-ring (bicyclic) bond motifs is 3. The molecule has 0 saturated carbocycles. The van der Waals surface area contributed by atoms with E-state index in [1.54, 1.807) is 18.9 Å². The van der Waals surface area contributed by atoms with Crippen LogP contribution in [0.3, 0.4) is 0 Å². The minimum atomic E-state index is -0.0842. The third kappa shape index (κ3) is 2.74. The van der Waals surface area contributed by atoms with Gasteiger partial charge in [0.25, 0.3) is 5.56 Å². The van der Waals surface area contributed by atoms with Gasteiger partial charge in [-0.2, -0.15) is 5.10 Å². The number of benzene rings is 1. The van der Waals surface area contributed by atoms with Gasteiger partial charge in [-0.3, -0.25) is 4.79 Å². The van der Waals surface area contributed by atoms with Crippen LogP contribution in [0.4, 0.5) is 0 Å². The van der Waals surface area contributed by atoms with Crippen LogP contribution in [0.5, 0.6) is 11.5 Å². The lowest BCUT2D eigenvalue weighted by Crippen LogP contribution is -2.29. The summed E-state index contributed by atoms with van der Waals surface area (Å²) in [5, 5.41) is 6.33. The molecule has 0 atom stereocenters. The fourth-order valence-electron chi connectivity index (χ4n) is 3.22. The van der Waals surface area contributed by atoms with Gasteiger partial charge >= 0.3 is 0 Å². The van der Waals surface area contributed by atoms with E-state index in [4.69, 9.17) is 9.47 Å². The Kier molecular flexibility index (Phi) is 4.43. The molecule has 3 rings (SSSR count). The number of hydrogen-bond donors (Lipinski definition) is 0. The first-order valence-corrected chi connectivity index (χ1v) is 8.15. The minimum absolute atomic E-state index is 0.0842. The number of methoxy groups -OCH3 is 2. The van der Waals surface area contributed by atoms with Gasteiger partial charge in [-0.25, -0.2) is 4.68 Å². The van der Waals surface area contributed by atoms with E-state index < -0.39 is 0 Å². The van der Waals surface area contributed by atoms with Gasteiger partial charge in [0.15, 0.2) is 11.5 Å². The summed E-state index contributed by atoms with van der Waals surface area (Å²) in [5.41, 5.74) is 2.31. The van der Waals surface area contributed by atoms with Crippen molar-refractivity contribution in [2.24, 2.45) is 7.05 Å². The molecule has 134 valence electrons. The fraction of sp³-hybridized carbons (Fsp3) is 0.444. The Morgan fingerprint density at radius 1 is 1.16 bits per heavy atom. The summed E-state index contributed by atoms with van der Waals surface area (Å²) >= 11 is 0. The first kappa shape index (κ1) is 17.3. The normalized spacial score (nSPS) is 11.6. The standard InChI is InChI=1S/C18H24N4O3/c1-11-16-12-9-14(24-5)15(25-6)10-13(12)21(4)17(16)18(23)22(19-11)8-7-20(2)3/h9-10H,7-8H2,1-6H3. The Balaban J connectivity index is 2.35. The average Bonchev–Trinajstić information content (AvgIpc) is 2.88. The molecule has 0 aliphatic heterocycles. The summed E-state index contributed by atoms with van der Waals surface area (Å²) in [6.45, 7) is 3.24. The summed E-state index contributed by atoms with van der Waals surface area (Å²) in [4.78, 5) is 15.0. The lowest BCUT2D eigenvalue weighted by Gasteiger charge is -2.11. The molecule has 0 N–H and O–H groups in total. The summed E-state index contributed by atoms with van der Waals surface area (Å²) in [6.07, 6.45) is 0. The molecule has 7 heteroatoms. The molecule has 2 heterocycles. The summed E-state index contributed by atoms with van der Waals surface area (Å²) in [5.74, 6) is 1.28. The molecule has 0 bridgehead atoms. The van der Waals surface area contributed by atoms with Gasteiger partial charge in [0, 0.05) is 30.4 Å². The Morgan fingerprint density at radius 2 is 1.80 bits per heavy atom. The van der Waals surface area contributed by atoms with Crippen molar-refractivity contribution < 1.29 is 9.47 Å². The van der Waals surface area contributed by atoms with Crippen LogP contribution in [-0.2, 0) is 13.6 Å². The zero-order chi connectivity index (χ0) is 18.3. The van der Waals surface area contributed by atoms with E-state index >= 15 is 0 Å². The number of hydrogen-bond acceptors (Lipinski definition) is 5. The molecule has 0 unspecified atom stereocenters. The van der Waals surface area contributed by atoms with Crippen LogP contribution >= 0.6 is 0 Å². The largest absolute Gasteiger partial charge is 0.493 e. The molecular formula is C18H24N4O3. The maximum atomic E-state index is 13.0. The maximum absolute atomic E-state index is 13.0. The summed E-state index contributed by atoms with van der Waals surface area (Å²) in [6, 6.07) is 3.81. The van der Waals surface area contributed by atoms with Gasteiger partial charge in [-0.05, 0) is 27.1 Å². The number of ether oxygens (including phenoxy) is 2. The molecule has 1 aromatic carbocycles. The molecule has 0 amide bonds. The fourth-order valence-corrected chi connectivity index (χ4v) is 3.22. The van der Waals surface area contributed by atoms with Crippen molar-refractivity contribution in [1.29, 1.82) is 0 Å². The van der Waals surface area contributed by atoms with Gasteiger partial charge < -0.3 is 18.9 Å².